The van der Waals surface area contributed by atoms with Crippen molar-refractivity contribution < 1.29 is 9.90 Å². The zero-order valence-corrected chi connectivity index (χ0v) is 14.9. The van der Waals surface area contributed by atoms with Crippen LogP contribution in [0.25, 0.3) is 0 Å². The molecule has 1 aromatic carbocycles. The summed E-state index contributed by atoms with van der Waals surface area (Å²) < 4.78 is 0. The number of aryl methyl sites for hydroxylation is 1. The van der Waals surface area contributed by atoms with Gasteiger partial charge in [0.1, 0.15) is 0 Å². The van der Waals surface area contributed by atoms with E-state index < -0.39 is 5.97 Å². The SMILES string of the molecule is CCc1cccc(Cl)c1CN1CCCC(N(C)CC(=O)O)CC1. The Morgan fingerprint density at radius 2 is 2.17 bits per heavy atom. The molecule has 0 radical (unpaired) electrons. The summed E-state index contributed by atoms with van der Waals surface area (Å²) in [6.45, 7) is 5.21. The molecule has 1 atom stereocenters. The maximum absolute atomic E-state index is 10.9. The van der Waals surface area contributed by atoms with Crippen LogP contribution in [0.4, 0.5) is 0 Å². The molecule has 1 heterocycles. The predicted molar refractivity (Wildman–Crippen MR) is 94.0 cm³/mol. The first kappa shape index (κ1) is 18.2. The number of carboxylic acids is 1. The number of carboxylic acid groups (broad SMARTS) is 1. The van der Waals surface area contributed by atoms with Crippen LogP contribution < -0.4 is 0 Å². The normalized spacial score (nSPS) is 19.7. The summed E-state index contributed by atoms with van der Waals surface area (Å²) in [4.78, 5) is 15.3. The summed E-state index contributed by atoms with van der Waals surface area (Å²) in [5.74, 6) is -0.753. The summed E-state index contributed by atoms with van der Waals surface area (Å²) in [5.41, 5.74) is 2.57. The van der Waals surface area contributed by atoms with Gasteiger partial charge in [-0.1, -0.05) is 30.7 Å². The molecule has 1 aromatic rings. The van der Waals surface area contributed by atoms with Gasteiger partial charge >= 0.3 is 5.97 Å². The van der Waals surface area contributed by atoms with Crippen LogP contribution in [0.3, 0.4) is 0 Å². The molecule has 1 N–H and O–H groups in total. The molecule has 4 nitrogen and oxygen atoms in total. The van der Waals surface area contributed by atoms with E-state index in [0.29, 0.717) is 6.04 Å². The number of halogens is 1. The van der Waals surface area contributed by atoms with Gasteiger partial charge in [-0.05, 0) is 63.0 Å². The molecule has 1 aliphatic heterocycles. The van der Waals surface area contributed by atoms with Gasteiger partial charge in [0, 0.05) is 17.6 Å². The average Bonchev–Trinajstić information content (AvgIpc) is 2.74. The maximum Gasteiger partial charge on any atom is 0.317 e. The number of hydrogen-bond donors (Lipinski definition) is 1. The molecule has 1 saturated heterocycles. The van der Waals surface area contributed by atoms with Crippen molar-refractivity contribution in [3.8, 4) is 0 Å². The summed E-state index contributed by atoms with van der Waals surface area (Å²) in [5, 5.41) is 9.81. The fourth-order valence-electron chi connectivity index (χ4n) is 3.41. The van der Waals surface area contributed by atoms with Crippen molar-refractivity contribution in [2.45, 2.75) is 45.2 Å². The Labute approximate surface area is 144 Å². The standard InChI is InChI=1S/C18H27ClN2O2/c1-3-14-6-4-8-17(19)16(14)12-21-10-5-7-15(9-11-21)20(2)13-18(22)23/h4,6,8,15H,3,5,7,9-13H2,1-2H3,(H,22,23). The Balaban J connectivity index is 1.97. The Kier molecular flexibility index (Phi) is 6.88. The van der Waals surface area contributed by atoms with Crippen molar-refractivity contribution in [1.82, 2.24) is 9.80 Å². The number of carbonyl (C=O) groups is 1. The van der Waals surface area contributed by atoms with Crippen LogP contribution in [0.15, 0.2) is 18.2 Å². The number of aliphatic carboxylic acids is 1. The predicted octanol–water partition coefficient (Wildman–Crippen LogP) is 3.27. The Morgan fingerprint density at radius 3 is 2.87 bits per heavy atom. The zero-order valence-electron chi connectivity index (χ0n) is 14.1. The van der Waals surface area contributed by atoms with Gasteiger partial charge in [-0.2, -0.15) is 0 Å². The van der Waals surface area contributed by atoms with Crippen molar-refractivity contribution in [3.63, 3.8) is 0 Å². The molecule has 0 amide bonds. The fourth-order valence-corrected chi connectivity index (χ4v) is 3.67. The van der Waals surface area contributed by atoms with Crippen LogP contribution in [0.1, 0.15) is 37.3 Å². The largest absolute Gasteiger partial charge is 0.480 e. The van der Waals surface area contributed by atoms with E-state index in [0.717, 1.165) is 50.3 Å². The summed E-state index contributed by atoms with van der Waals surface area (Å²) in [7, 11) is 1.91. The lowest BCUT2D eigenvalue weighted by Crippen LogP contribution is -2.36. The highest BCUT2D eigenvalue weighted by Crippen LogP contribution is 2.24. The summed E-state index contributed by atoms with van der Waals surface area (Å²) in [6, 6.07) is 6.50. The first-order valence-corrected chi connectivity index (χ1v) is 8.79. The highest BCUT2D eigenvalue weighted by Gasteiger charge is 2.22. The van der Waals surface area contributed by atoms with E-state index >= 15 is 0 Å². The lowest BCUT2D eigenvalue weighted by molar-refractivity contribution is -0.138. The number of likely N-dealkylation sites (tertiary alicyclic amines) is 1. The van der Waals surface area contributed by atoms with Gasteiger partial charge in [0.15, 0.2) is 0 Å². The second kappa shape index (κ2) is 8.67. The molecule has 5 heteroatoms. The van der Waals surface area contributed by atoms with E-state index in [2.05, 4.69) is 17.9 Å². The van der Waals surface area contributed by atoms with E-state index in [-0.39, 0.29) is 6.54 Å². The van der Waals surface area contributed by atoms with Crippen molar-refractivity contribution in [2.24, 2.45) is 0 Å². The number of rotatable bonds is 6. The van der Waals surface area contributed by atoms with Crippen LogP contribution in [0.5, 0.6) is 0 Å². The summed E-state index contributed by atoms with van der Waals surface area (Å²) in [6.07, 6.45) is 4.16. The van der Waals surface area contributed by atoms with Gasteiger partial charge in [-0.25, -0.2) is 0 Å². The van der Waals surface area contributed by atoms with Gasteiger partial charge in [-0.15, -0.1) is 0 Å². The molecule has 1 fully saturated rings. The minimum Gasteiger partial charge on any atom is -0.480 e. The van der Waals surface area contributed by atoms with E-state index in [9.17, 15) is 4.79 Å². The van der Waals surface area contributed by atoms with Gasteiger partial charge in [0.2, 0.25) is 0 Å². The number of hydrogen-bond acceptors (Lipinski definition) is 3. The maximum atomic E-state index is 10.9. The third-order valence-electron chi connectivity index (χ3n) is 4.78. The molecular formula is C18H27ClN2O2. The molecule has 23 heavy (non-hydrogen) atoms. The number of likely N-dealkylation sites (N-methyl/N-ethyl adjacent to an activating group) is 1. The second-order valence-electron chi connectivity index (χ2n) is 6.40. The van der Waals surface area contributed by atoms with E-state index in [1.165, 1.54) is 11.1 Å². The van der Waals surface area contributed by atoms with E-state index in [1.54, 1.807) is 0 Å². The number of nitrogens with zero attached hydrogens (tertiary/aromatic N) is 2. The van der Waals surface area contributed by atoms with Crippen molar-refractivity contribution in [1.29, 1.82) is 0 Å². The second-order valence-corrected chi connectivity index (χ2v) is 6.81. The monoisotopic (exact) mass is 338 g/mol. The van der Waals surface area contributed by atoms with E-state index in [4.69, 9.17) is 16.7 Å². The molecule has 1 unspecified atom stereocenters. The van der Waals surface area contributed by atoms with Crippen molar-refractivity contribution >= 4 is 17.6 Å². The Morgan fingerprint density at radius 1 is 1.39 bits per heavy atom. The van der Waals surface area contributed by atoms with Crippen LogP contribution in [0.2, 0.25) is 5.02 Å². The lowest BCUT2D eigenvalue weighted by Gasteiger charge is -2.26. The topological polar surface area (TPSA) is 43.8 Å². The quantitative estimate of drug-likeness (QED) is 0.864. The molecule has 2 rings (SSSR count). The van der Waals surface area contributed by atoms with Crippen LogP contribution in [0, 0.1) is 0 Å². The van der Waals surface area contributed by atoms with Crippen LogP contribution in [-0.2, 0) is 17.8 Å². The highest BCUT2D eigenvalue weighted by atomic mass is 35.5. The van der Waals surface area contributed by atoms with Gasteiger partial charge in [0.25, 0.3) is 0 Å². The van der Waals surface area contributed by atoms with Gasteiger partial charge < -0.3 is 5.11 Å². The van der Waals surface area contributed by atoms with Gasteiger partial charge in [0.05, 0.1) is 6.54 Å². The number of benzene rings is 1. The molecule has 0 aromatic heterocycles. The Bertz CT molecular complexity index is 536. The molecule has 0 aliphatic carbocycles. The molecule has 0 saturated carbocycles. The molecule has 0 spiro atoms. The van der Waals surface area contributed by atoms with E-state index in [1.807, 2.05) is 24.1 Å². The van der Waals surface area contributed by atoms with Gasteiger partial charge in [-0.3, -0.25) is 14.6 Å². The zero-order chi connectivity index (χ0) is 16.8. The molecule has 1 aliphatic rings. The fraction of sp³-hybridized carbons (Fsp3) is 0.611. The minimum atomic E-state index is -0.753. The lowest BCUT2D eigenvalue weighted by atomic mass is 10.0. The Hall–Kier alpha value is -1.10. The minimum absolute atomic E-state index is 0.120. The van der Waals surface area contributed by atoms with Crippen LogP contribution >= 0.6 is 11.6 Å². The molecule has 0 bridgehead atoms. The smallest absolute Gasteiger partial charge is 0.317 e. The summed E-state index contributed by atoms with van der Waals surface area (Å²) >= 11 is 6.40. The third kappa shape index (κ3) is 5.20. The van der Waals surface area contributed by atoms with Crippen molar-refractivity contribution in [2.75, 3.05) is 26.7 Å². The van der Waals surface area contributed by atoms with Crippen molar-refractivity contribution in [3.05, 3.63) is 34.3 Å². The molecular weight excluding hydrogens is 312 g/mol. The highest BCUT2D eigenvalue weighted by molar-refractivity contribution is 6.31. The van der Waals surface area contributed by atoms with Crippen LogP contribution in [-0.4, -0.2) is 53.6 Å². The first-order valence-electron chi connectivity index (χ1n) is 8.42. The first-order chi connectivity index (χ1) is 11.0. The average molecular weight is 339 g/mol. The third-order valence-corrected chi connectivity index (χ3v) is 5.13. The molecule has 128 valence electrons.